The van der Waals surface area contributed by atoms with Crippen molar-refractivity contribution in [1.82, 2.24) is 5.32 Å². The number of ether oxygens (including phenoxy) is 1. The van der Waals surface area contributed by atoms with Crippen LogP contribution in [0.15, 0.2) is 6.07 Å². The first kappa shape index (κ1) is 13.0. The molecule has 0 bridgehead atoms. The first-order valence-electron chi connectivity index (χ1n) is 7.74. The number of hydrogen-bond donors (Lipinski definition) is 1. The largest absolute Gasteiger partial charge is 0.496 e. The minimum absolute atomic E-state index is 0.510. The van der Waals surface area contributed by atoms with Crippen molar-refractivity contribution >= 4 is 0 Å². The molecule has 0 spiro atoms. The van der Waals surface area contributed by atoms with Crippen molar-refractivity contribution in [1.29, 1.82) is 0 Å². The van der Waals surface area contributed by atoms with Gasteiger partial charge in [-0.2, -0.15) is 0 Å². The summed E-state index contributed by atoms with van der Waals surface area (Å²) in [6, 6.07) is 2.77. The molecule has 1 atom stereocenters. The highest BCUT2D eigenvalue weighted by Gasteiger charge is 2.26. The molecule has 2 nitrogen and oxygen atoms in total. The molecule has 2 aliphatic rings. The second-order valence-corrected chi connectivity index (χ2v) is 5.98. The summed E-state index contributed by atoms with van der Waals surface area (Å²) in [6.07, 6.45) is 9.07. The minimum Gasteiger partial charge on any atom is -0.496 e. The van der Waals surface area contributed by atoms with Gasteiger partial charge in [-0.15, -0.1) is 0 Å². The number of nitrogens with one attached hydrogen (secondary N) is 1. The van der Waals surface area contributed by atoms with Gasteiger partial charge < -0.3 is 10.1 Å². The van der Waals surface area contributed by atoms with E-state index in [4.69, 9.17) is 4.74 Å². The van der Waals surface area contributed by atoms with Crippen molar-refractivity contribution in [3.63, 3.8) is 0 Å². The predicted octanol–water partition coefficient (Wildman–Crippen LogP) is 3.70. The molecule has 2 heteroatoms. The number of fused-ring (bicyclic) bond motifs is 1. The number of aryl methyl sites for hydroxylation is 1. The first-order chi connectivity index (χ1) is 9.31. The zero-order chi connectivity index (χ0) is 13.2. The second-order valence-electron chi connectivity index (χ2n) is 5.98. The van der Waals surface area contributed by atoms with E-state index >= 15 is 0 Å². The van der Waals surface area contributed by atoms with Gasteiger partial charge in [-0.25, -0.2) is 0 Å². The molecule has 1 N–H and O–H groups in total. The van der Waals surface area contributed by atoms with Gasteiger partial charge in [-0.3, -0.25) is 0 Å². The third-order valence-corrected chi connectivity index (χ3v) is 4.76. The van der Waals surface area contributed by atoms with Crippen LogP contribution in [-0.4, -0.2) is 13.7 Å². The van der Waals surface area contributed by atoms with E-state index in [2.05, 4.69) is 18.3 Å². The Morgan fingerprint density at radius 1 is 1.11 bits per heavy atom. The summed E-state index contributed by atoms with van der Waals surface area (Å²) in [6.45, 7) is 3.39. The lowest BCUT2D eigenvalue weighted by Crippen LogP contribution is -2.29. The second kappa shape index (κ2) is 5.54. The van der Waals surface area contributed by atoms with Crippen molar-refractivity contribution in [2.75, 3.05) is 13.7 Å². The van der Waals surface area contributed by atoms with Gasteiger partial charge in [0.15, 0.2) is 0 Å². The molecule has 1 fully saturated rings. The summed E-state index contributed by atoms with van der Waals surface area (Å²) < 4.78 is 5.71. The topological polar surface area (TPSA) is 21.3 Å². The predicted molar refractivity (Wildman–Crippen MR) is 79.0 cm³/mol. The lowest BCUT2D eigenvalue weighted by atomic mass is 9.81. The van der Waals surface area contributed by atoms with E-state index in [1.165, 1.54) is 56.1 Å². The molecule has 1 aromatic carbocycles. The number of hydrogen-bond acceptors (Lipinski definition) is 2. The van der Waals surface area contributed by atoms with Crippen molar-refractivity contribution in [3.8, 4) is 5.75 Å². The maximum Gasteiger partial charge on any atom is 0.124 e. The highest BCUT2D eigenvalue weighted by atomic mass is 16.5. The fraction of sp³-hybridized carbons (Fsp3) is 0.647. The molecule has 0 amide bonds. The molecule has 104 valence electrons. The molecule has 1 aliphatic heterocycles. The van der Waals surface area contributed by atoms with Crippen LogP contribution in [0.1, 0.15) is 60.4 Å². The Labute approximate surface area is 116 Å². The molecular formula is C17H25NO. The molecule has 1 aliphatic carbocycles. The first-order valence-corrected chi connectivity index (χ1v) is 7.74. The van der Waals surface area contributed by atoms with Crippen LogP contribution in [0.4, 0.5) is 0 Å². The van der Waals surface area contributed by atoms with Crippen LogP contribution in [0.3, 0.4) is 0 Å². The average Bonchev–Trinajstić information content (AvgIpc) is 2.48. The lowest BCUT2D eigenvalue weighted by Gasteiger charge is -2.31. The minimum atomic E-state index is 0.510. The molecule has 19 heavy (non-hydrogen) atoms. The summed E-state index contributed by atoms with van der Waals surface area (Å²) in [7, 11) is 1.82. The van der Waals surface area contributed by atoms with Gasteiger partial charge in [0.05, 0.1) is 7.11 Å². The van der Waals surface area contributed by atoms with Crippen LogP contribution >= 0.6 is 0 Å². The number of rotatable bonds is 2. The third-order valence-electron chi connectivity index (χ3n) is 4.76. The molecule has 0 radical (unpaired) electrons. The van der Waals surface area contributed by atoms with Crippen LogP contribution in [0.5, 0.6) is 5.75 Å². The van der Waals surface area contributed by atoms with Crippen molar-refractivity contribution < 1.29 is 4.74 Å². The highest BCUT2D eigenvalue weighted by Crippen LogP contribution is 2.39. The number of methoxy groups -OCH3 is 1. The van der Waals surface area contributed by atoms with Crippen molar-refractivity contribution in [2.24, 2.45) is 0 Å². The summed E-state index contributed by atoms with van der Waals surface area (Å²) in [4.78, 5) is 0. The molecule has 1 heterocycles. The van der Waals surface area contributed by atoms with Crippen LogP contribution in [0, 0.1) is 6.92 Å². The zero-order valence-corrected chi connectivity index (χ0v) is 12.2. The normalized spacial score (nSPS) is 22.9. The standard InChI is InChI=1S/C17H25NO/c1-12-11-16(19-2)17(15-9-5-6-10-18-15)14-8-4-3-7-13(12)14/h11,15,18H,3-10H2,1-2H3. The SMILES string of the molecule is COc1cc(C)c2c(c1C1CCCCN1)CCCC2. The monoisotopic (exact) mass is 259 g/mol. The van der Waals surface area contributed by atoms with E-state index in [0.29, 0.717) is 6.04 Å². The summed E-state index contributed by atoms with van der Waals surface area (Å²) in [5.74, 6) is 1.11. The van der Waals surface area contributed by atoms with Crippen molar-refractivity contribution in [2.45, 2.75) is 57.9 Å². The van der Waals surface area contributed by atoms with E-state index in [-0.39, 0.29) is 0 Å². The fourth-order valence-corrected chi connectivity index (χ4v) is 3.80. The van der Waals surface area contributed by atoms with Gasteiger partial charge in [-0.1, -0.05) is 6.42 Å². The maximum atomic E-state index is 5.71. The Kier molecular flexibility index (Phi) is 3.79. The number of benzene rings is 1. The van der Waals surface area contributed by atoms with Crippen LogP contribution in [0.2, 0.25) is 0 Å². The van der Waals surface area contributed by atoms with Crippen LogP contribution < -0.4 is 10.1 Å². The van der Waals surface area contributed by atoms with Gasteiger partial charge >= 0.3 is 0 Å². The Bertz CT molecular complexity index is 461. The molecule has 0 aromatic heterocycles. The average molecular weight is 259 g/mol. The zero-order valence-electron chi connectivity index (χ0n) is 12.2. The summed E-state index contributed by atoms with van der Waals surface area (Å²) in [5.41, 5.74) is 6.10. The van der Waals surface area contributed by atoms with Gasteiger partial charge in [0, 0.05) is 11.6 Å². The Morgan fingerprint density at radius 2 is 1.89 bits per heavy atom. The van der Waals surface area contributed by atoms with E-state index < -0.39 is 0 Å². The van der Waals surface area contributed by atoms with E-state index in [1.807, 2.05) is 7.11 Å². The summed E-state index contributed by atoms with van der Waals surface area (Å²) >= 11 is 0. The summed E-state index contributed by atoms with van der Waals surface area (Å²) in [5, 5.41) is 3.70. The third kappa shape index (κ3) is 2.38. The molecule has 0 saturated carbocycles. The Hall–Kier alpha value is -1.02. The van der Waals surface area contributed by atoms with Gasteiger partial charge in [0.1, 0.15) is 5.75 Å². The smallest absolute Gasteiger partial charge is 0.124 e. The Balaban J connectivity index is 2.09. The van der Waals surface area contributed by atoms with Crippen LogP contribution in [-0.2, 0) is 12.8 Å². The van der Waals surface area contributed by atoms with Gasteiger partial charge in [0.25, 0.3) is 0 Å². The number of piperidine rings is 1. The van der Waals surface area contributed by atoms with E-state index in [9.17, 15) is 0 Å². The molecule has 1 aromatic rings. The Morgan fingerprint density at radius 3 is 2.58 bits per heavy atom. The van der Waals surface area contributed by atoms with E-state index in [0.717, 1.165) is 12.3 Å². The highest BCUT2D eigenvalue weighted by molar-refractivity contribution is 5.52. The van der Waals surface area contributed by atoms with Crippen LogP contribution in [0.25, 0.3) is 0 Å². The fourth-order valence-electron chi connectivity index (χ4n) is 3.80. The van der Waals surface area contributed by atoms with Gasteiger partial charge in [-0.05, 0) is 74.8 Å². The van der Waals surface area contributed by atoms with E-state index in [1.54, 1.807) is 11.1 Å². The lowest BCUT2D eigenvalue weighted by molar-refractivity contribution is 0.370. The van der Waals surface area contributed by atoms with Crippen molar-refractivity contribution in [3.05, 3.63) is 28.3 Å². The molecule has 3 rings (SSSR count). The quantitative estimate of drug-likeness (QED) is 0.874. The maximum absolute atomic E-state index is 5.71. The molecule has 1 unspecified atom stereocenters. The van der Waals surface area contributed by atoms with Gasteiger partial charge in [0.2, 0.25) is 0 Å². The molecular weight excluding hydrogens is 234 g/mol. The molecule has 1 saturated heterocycles.